The third-order valence-electron chi connectivity index (χ3n) is 5.38. The van der Waals surface area contributed by atoms with E-state index in [1.807, 2.05) is 43.3 Å². The highest BCUT2D eigenvalue weighted by Gasteiger charge is 2.16. The molecule has 3 nitrogen and oxygen atoms in total. The van der Waals surface area contributed by atoms with Gasteiger partial charge in [0.1, 0.15) is 11.6 Å². The molecule has 0 aliphatic carbocycles. The first-order valence-corrected chi connectivity index (χ1v) is 12.2. The molecule has 0 aliphatic heterocycles. The highest BCUT2D eigenvalue weighted by molar-refractivity contribution is 9.10. The van der Waals surface area contributed by atoms with Gasteiger partial charge in [-0.05, 0) is 68.4 Å². The van der Waals surface area contributed by atoms with Crippen molar-refractivity contribution in [2.24, 2.45) is 0 Å². The van der Waals surface area contributed by atoms with Gasteiger partial charge in [0.05, 0.1) is 0 Å². The Bertz CT molecular complexity index is 1390. The van der Waals surface area contributed by atoms with Gasteiger partial charge in [-0.15, -0.1) is 11.3 Å². The number of nitriles is 1. The predicted octanol–water partition coefficient (Wildman–Crippen LogP) is 8.07. The second-order valence-electron chi connectivity index (χ2n) is 7.62. The molecule has 0 unspecified atom stereocenters. The molecule has 0 saturated heterocycles. The molecular formula is C29H20BrNO2S. The second-order valence-corrected chi connectivity index (χ2v) is 9.47. The van der Waals surface area contributed by atoms with E-state index < -0.39 is 5.97 Å². The first-order valence-electron chi connectivity index (χ1n) is 10.5. The van der Waals surface area contributed by atoms with E-state index in [-0.39, 0.29) is 5.57 Å². The van der Waals surface area contributed by atoms with Gasteiger partial charge in [0, 0.05) is 14.2 Å². The summed E-state index contributed by atoms with van der Waals surface area (Å²) in [5, 5.41) is 18.3. The molecular weight excluding hydrogens is 506 g/mol. The maximum Gasteiger partial charge on any atom is 0.346 e. The van der Waals surface area contributed by atoms with Gasteiger partial charge < -0.3 is 5.11 Å². The third kappa shape index (κ3) is 5.09. The Morgan fingerprint density at radius 1 is 0.912 bits per heavy atom. The maximum atomic E-state index is 11.2. The number of nitrogens with zero attached hydrogens (tertiary/aromatic N) is 1. The Balaban J connectivity index is 1.71. The molecule has 4 aromatic rings. The molecule has 0 saturated carbocycles. The monoisotopic (exact) mass is 525 g/mol. The highest BCUT2D eigenvalue weighted by Crippen LogP contribution is 2.40. The van der Waals surface area contributed by atoms with E-state index in [1.54, 1.807) is 6.07 Å². The van der Waals surface area contributed by atoms with Crippen LogP contribution in [0.5, 0.6) is 0 Å². The molecule has 0 bridgehead atoms. The zero-order chi connectivity index (χ0) is 24.1. The van der Waals surface area contributed by atoms with Crippen LogP contribution in [-0.2, 0) is 4.79 Å². The number of thiophene rings is 1. The van der Waals surface area contributed by atoms with Gasteiger partial charge in [-0.1, -0.05) is 84.9 Å². The molecule has 1 N–H and O–H groups in total. The molecule has 34 heavy (non-hydrogen) atoms. The van der Waals surface area contributed by atoms with Crippen LogP contribution in [0.4, 0.5) is 0 Å². The quantitative estimate of drug-likeness (QED) is 0.157. The van der Waals surface area contributed by atoms with Crippen LogP contribution in [0.15, 0.2) is 95.0 Å². The fourth-order valence-electron chi connectivity index (χ4n) is 3.62. The average Bonchev–Trinajstić information content (AvgIpc) is 3.15. The van der Waals surface area contributed by atoms with Crippen molar-refractivity contribution in [1.29, 1.82) is 5.26 Å². The van der Waals surface area contributed by atoms with Gasteiger partial charge >= 0.3 is 5.97 Å². The summed E-state index contributed by atoms with van der Waals surface area (Å²) in [6, 6.07) is 30.7. The van der Waals surface area contributed by atoms with E-state index in [2.05, 4.69) is 70.5 Å². The van der Waals surface area contributed by atoms with E-state index in [0.29, 0.717) is 4.88 Å². The Morgan fingerprint density at radius 3 is 1.97 bits per heavy atom. The summed E-state index contributed by atoms with van der Waals surface area (Å²) in [7, 11) is 0. The normalized spacial score (nSPS) is 11.0. The minimum absolute atomic E-state index is 0.289. The Morgan fingerprint density at radius 2 is 1.47 bits per heavy atom. The molecule has 1 heterocycles. The van der Waals surface area contributed by atoms with Crippen molar-refractivity contribution in [1.82, 2.24) is 0 Å². The summed E-state index contributed by atoms with van der Waals surface area (Å²) in [6.45, 7) is 1.98. The fourth-order valence-corrected chi connectivity index (χ4v) is 5.46. The van der Waals surface area contributed by atoms with Gasteiger partial charge in [0.2, 0.25) is 0 Å². The lowest BCUT2D eigenvalue weighted by molar-refractivity contribution is -0.132. The molecule has 0 fully saturated rings. The summed E-state index contributed by atoms with van der Waals surface area (Å²) in [5.74, 6) is -1.23. The largest absolute Gasteiger partial charge is 0.477 e. The molecule has 3 aromatic carbocycles. The smallest absolute Gasteiger partial charge is 0.346 e. The van der Waals surface area contributed by atoms with Crippen LogP contribution in [0.3, 0.4) is 0 Å². The van der Waals surface area contributed by atoms with Crippen molar-refractivity contribution in [3.8, 4) is 16.5 Å². The van der Waals surface area contributed by atoms with Crippen molar-refractivity contribution in [2.45, 2.75) is 6.92 Å². The molecule has 0 aliphatic rings. The number of halogens is 1. The number of carbonyl (C=O) groups is 1. The van der Waals surface area contributed by atoms with Crippen molar-refractivity contribution in [2.75, 3.05) is 0 Å². The topological polar surface area (TPSA) is 61.1 Å². The van der Waals surface area contributed by atoms with E-state index >= 15 is 0 Å². The number of rotatable bonds is 6. The lowest BCUT2D eigenvalue weighted by atomic mass is 9.95. The summed E-state index contributed by atoms with van der Waals surface area (Å²) in [4.78, 5) is 13.0. The van der Waals surface area contributed by atoms with Crippen LogP contribution < -0.4 is 0 Å². The van der Waals surface area contributed by atoms with Crippen molar-refractivity contribution in [3.05, 3.63) is 122 Å². The number of hydrogen-bond donors (Lipinski definition) is 1. The minimum atomic E-state index is -1.23. The number of carboxylic acids is 1. The van der Waals surface area contributed by atoms with Crippen molar-refractivity contribution >= 4 is 51.0 Å². The molecule has 166 valence electrons. The van der Waals surface area contributed by atoms with Crippen LogP contribution in [0, 0.1) is 18.3 Å². The number of carboxylic acid groups (broad SMARTS) is 1. The number of hydrogen-bond acceptors (Lipinski definition) is 3. The van der Waals surface area contributed by atoms with E-state index in [9.17, 15) is 9.90 Å². The predicted molar refractivity (Wildman–Crippen MR) is 143 cm³/mol. The molecule has 0 radical (unpaired) electrons. The zero-order valence-electron chi connectivity index (χ0n) is 18.3. The molecule has 4 rings (SSSR count). The fraction of sp³-hybridized carbons (Fsp3) is 0.0345. The molecule has 0 atom stereocenters. The van der Waals surface area contributed by atoms with Crippen LogP contribution in [0.2, 0.25) is 0 Å². The average molecular weight is 526 g/mol. The number of aliphatic carboxylic acids is 1. The lowest BCUT2D eigenvalue weighted by Crippen LogP contribution is -1.96. The van der Waals surface area contributed by atoms with E-state index in [1.165, 1.54) is 17.4 Å². The molecule has 1 aromatic heterocycles. The number of benzene rings is 3. The van der Waals surface area contributed by atoms with Crippen LogP contribution in [0.1, 0.15) is 27.1 Å². The second kappa shape index (κ2) is 10.5. The molecule has 0 amide bonds. The van der Waals surface area contributed by atoms with Gasteiger partial charge in [-0.2, -0.15) is 5.26 Å². The highest BCUT2D eigenvalue weighted by atomic mass is 79.9. The first kappa shape index (κ1) is 23.4. The zero-order valence-corrected chi connectivity index (χ0v) is 20.7. The van der Waals surface area contributed by atoms with Crippen LogP contribution in [0.25, 0.3) is 28.2 Å². The van der Waals surface area contributed by atoms with Crippen molar-refractivity contribution in [3.63, 3.8) is 0 Å². The van der Waals surface area contributed by atoms with Crippen LogP contribution in [-0.4, -0.2) is 11.1 Å². The van der Waals surface area contributed by atoms with Gasteiger partial charge in [-0.3, -0.25) is 0 Å². The van der Waals surface area contributed by atoms with E-state index in [4.69, 9.17) is 5.26 Å². The summed E-state index contributed by atoms with van der Waals surface area (Å²) in [5.41, 5.74) is 6.29. The Hall–Kier alpha value is -3.72. The van der Waals surface area contributed by atoms with Gasteiger partial charge in [0.15, 0.2) is 0 Å². The van der Waals surface area contributed by atoms with E-state index in [0.717, 1.165) is 42.7 Å². The standard InChI is InChI=1S/C29H20BrNO2S/c1-19-27(30)26(17-24(18-31)29(32)33)34-28(19)23-14-12-20(13-15-23)16-25(21-8-4-2-5-9-21)22-10-6-3-7-11-22/h2-17H,1H3,(H,32,33)/b24-17-. The van der Waals surface area contributed by atoms with Crippen LogP contribution >= 0.6 is 27.3 Å². The Labute approximate surface area is 211 Å². The molecule has 0 spiro atoms. The first-order chi connectivity index (χ1) is 16.5. The van der Waals surface area contributed by atoms with Gasteiger partial charge in [-0.25, -0.2) is 4.79 Å². The SMILES string of the molecule is Cc1c(-c2ccc(C=C(c3ccccc3)c3ccccc3)cc2)sc(/C=C(/C#N)C(=O)O)c1Br. The summed E-state index contributed by atoms with van der Waals surface area (Å²) < 4.78 is 0.806. The maximum absolute atomic E-state index is 11.2. The van der Waals surface area contributed by atoms with Gasteiger partial charge in [0.25, 0.3) is 0 Å². The Kier molecular flexibility index (Phi) is 7.22. The lowest BCUT2D eigenvalue weighted by Gasteiger charge is -2.09. The summed E-state index contributed by atoms with van der Waals surface area (Å²) in [6.07, 6.45) is 3.60. The summed E-state index contributed by atoms with van der Waals surface area (Å²) >= 11 is 5.02. The molecule has 5 heteroatoms. The minimum Gasteiger partial charge on any atom is -0.477 e. The van der Waals surface area contributed by atoms with Crippen molar-refractivity contribution < 1.29 is 9.90 Å². The third-order valence-corrected chi connectivity index (χ3v) is 7.95.